The predicted molar refractivity (Wildman–Crippen MR) is 232 cm³/mol. The van der Waals surface area contributed by atoms with Crippen molar-refractivity contribution in [1.82, 2.24) is 0 Å². The Morgan fingerprint density at radius 1 is 0.235 bits per heavy atom. The third-order valence-electron chi connectivity index (χ3n) is 12.2. The second-order valence-corrected chi connectivity index (χ2v) is 18.6. The predicted octanol–water partition coefficient (Wildman–Crippen LogP) is 16.1. The lowest BCUT2D eigenvalue weighted by Crippen LogP contribution is -2.27. The zero-order chi connectivity index (χ0) is 35.9. The summed E-state index contributed by atoms with van der Waals surface area (Å²) in [6.45, 7) is 30.0. The Hall–Kier alpha value is -0.120. The number of hydrogen-bond donors (Lipinski definition) is 0. The molecule has 0 radical (unpaired) electrons. The van der Waals surface area contributed by atoms with E-state index in [2.05, 4.69) is 76.2 Å². The Labute approximate surface area is 325 Å². The van der Waals surface area contributed by atoms with Gasteiger partial charge in [-0.2, -0.15) is 0 Å². The molecular formula is C48H102O3. The molecule has 51 heavy (non-hydrogen) atoms. The smallest absolute Gasteiger partial charge is 0.154 e. The summed E-state index contributed by atoms with van der Waals surface area (Å²) in [4.78, 5) is 0. The molecule has 2 unspecified atom stereocenters. The monoisotopic (exact) mass is 727 g/mol. The van der Waals surface area contributed by atoms with Gasteiger partial charge in [0.15, 0.2) is 6.29 Å². The SMILES string of the molecule is C.C.C.CC1CCC(C)CC1.CC1CCC(C)CC1.CC1CCC(C)CC1.CC1CCC(C)CC1.CC1CCC(C)OC1.CC1COC(C)OC1. The molecule has 2 saturated heterocycles. The zero-order valence-corrected chi connectivity index (χ0v) is 35.0. The van der Waals surface area contributed by atoms with Crippen LogP contribution in [0.25, 0.3) is 0 Å². The average Bonchev–Trinajstić information content (AvgIpc) is 3.07. The van der Waals surface area contributed by atoms with Crippen LogP contribution in [0.1, 0.15) is 221 Å². The van der Waals surface area contributed by atoms with E-state index in [1.807, 2.05) is 6.92 Å². The van der Waals surface area contributed by atoms with Crippen LogP contribution in [0.3, 0.4) is 0 Å². The van der Waals surface area contributed by atoms with Crippen molar-refractivity contribution in [3.8, 4) is 0 Å². The maximum absolute atomic E-state index is 5.39. The van der Waals surface area contributed by atoms with E-state index in [9.17, 15) is 0 Å². The maximum atomic E-state index is 5.39. The van der Waals surface area contributed by atoms with Gasteiger partial charge in [0.05, 0.1) is 19.3 Å². The van der Waals surface area contributed by atoms with Crippen molar-refractivity contribution < 1.29 is 14.2 Å². The van der Waals surface area contributed by atoms with Gasteiger partial charge in [0.25, 0.3) is 0 Å². The summed E-state index contributed by atoms with van der Waals surface area (Å²) in [5.74, 6) is 9.53. The lowest BCUT2D eigenvalue weighted by atomic mass is 9.84. The van der Waals surface area contributed by atoms with Gasteiger partial charge in [-0.05, 0) is 80.0 Å². The van der Waals surface area contributed by atoms with Crippen LogP contribution < -0.4 is 0 Å². The molecule has 0 aromatic heterocycles. The first-order chi connectivity index (χ1) is 22.7. The zero-order valence-electron chi connectivity index (χ0n) is 35.0. The molecule has 6 aliphatic rings. The minimum absolute atomic E-state index is 0. The standard InChI is InChI=1S/4C8H16.C7H14O.C6H12O2.3CH4/c4*1-7-3-5-8(2)6-4-7;1-6-3-4-7(2)8-5-6;1-5-3-7-6(2)8-4-5;;;/h4*7-8H,3-6H2,1-2H3;6-7H,3-5H2,1-2H3;5-6H,3-4H2,1-2H3;3*1H4. The molecule has 2 atom stereocenters. The Balaban J connectivity index is -0.000000536. The summed E-state index contributed by atoms with van der Waals surface area (Å²) in [5.41, 5.74) is 0. The van der Waals surface area contributed by atoms with E-state index in [4.69, 9.17) is 14.2 Å². The minimum atomic E-state index is 0. The Bertz CT molecular complexity index is 462. The van der Waals surface area contributed by atoms with Crippen LogP contribution in [0.15, 0.2) is 0 Å². The molecule has 3 nitrogen and oxygen atoms in total. The summed E-state index contributed by atoms with van der Waals surface area (Å²) in [7, 11) is 0. The van der Waals surface area contributed by atoms with Crippen LogP contribution in [0.4, 0.5) is 0 Å². The molecule has 6 rings (SSSR count). The molecule has 0 aromatic carbocycles. The van der Waals surface area contributed by atoms with Gasteiger partial charge >= 0.3 is 0 Å². The molecule has 2 aliphatic heterocycles. The third kappa shape index (κ3) is 31.9. The second kappa shape index (κ2) is 33.2. The molecule has 0 aromatic rings. The van der Waals surface area contributed by atoms with Crippen molar-refractivity contribution in [1.29, 1.82) is 0 Å². The first kappa shape index (κ1) is 55.2. The van der Waals surface area contributed by atoms with Gasteiger partial charge in [-0.3, -0.25) is 0 Å². The maximum Gasteiger partial charge on any atom is 0.154 e. The molecule has 6 fully saturated rings. The topological polar surface area (TPSA) is 27.7 Å². The van der Waals surface area contributed by atoms with Crippen LogP contribution >= 0.6 is 0 Å². The van der Waals surface area contributed by atoms with Gasteiger partial charge in [-0.1, -0.05) is 194 Å². The molecule has 2 heterocycles. The van der Waals surface area contributed by atoms with Crippen molar-refractivity contribution in [2.75, 3.05) is 19.8 Å². The number of rotatable bonds is 0. The van der Waals surface area contributed by atoms with E-state index in [1.165, 1.54) is 116 Å². The van der Waals surface area contributed by atoms with Gasteiger partial charge in [-0.15, -0.1) is 0 Å². The van der Waals surface area contributed by atoms with Gasteiger partial charge < -0.3 is 14.2 Å². The molecule has 0 spiro atoms. The van der Waals surface area contributed by atoms with Gasteiger partial charge in [-0.25, -0.2) is 0 Å². The molecule has 312 valence electrons. The van der Waals surface area contributed by atoms with Crippen molar-refractivity contribution in [2.45, 2.75) is 233 Å². The van der Waals surface area contributed by atoms with Gasteiger partial charge in [0.2, 0.25) is 0 Å². The van der Waals surface area contributed by atoms with E-state index in [-0.39, 0.29) is 28.6 Å². The van der Waals surface area contributed by atoms with Crippen LogP contribution in [0, 0.1) is 59.2 Å². The van der Waals surface area contributed by atoms with E-state index < -0.39 is 0 Å². The van der Waals surface area contributed by atoms with E-state index in [1.54, 1.807) is 0 Å². The summed E-state index contributed by atoms with van der Waals surface area (Å²) < 4.78 is 15.7. The van der Waals surface area contributed by atoms with E-state index in [0.717, 1.165) is 73.1 Å². The highest BCUT2D eigenvalue weighted by atomic mass is 16.7. The van der Waals surface area contributed by atoms with E-state index in [0.29, 0.717) is 12.0 Å². The van der Waals surface area contributed by atoms with Gasteiger partial charge in [0, 0.05) is 12.5 Å². The quantitative estimate of drug-likeness (QED) is 0.249. The lowest BCUT2D eigenvalue weighted by molar-refractivity contribution is -0.187. The fourth-order valence-electron chi connectivity index (χ4n) is 7.42. The van der Waals surface area contributed by atoms with Crippen molar-refractivity contribution >= 4 is 0 Å². The lowest BCUT2D eigenvalue weighted by Gasteiger charge is -2.24. The molecule has 4 saturated carbocycles. The average molecular weight is 727 g/mol. The highest BCUT2D eigenvalue weighted by molar-refractivity contribution is 4.68. The Morgan fingerprint density at radius 3 is 0.588 bits per heavy atom. The van der Waals surface area contributed by atoms with E-state index >= 15 is 0 Å². The number of ether oxygens (including phenoxy) is 3. The molecule has 0 amide bonds. The van der Waals surface area contributed by atoms with Crippen molar-refractivity contribution in [3.63, 3.8) is 0 Å². The second-order valence-electron chi connectivity index (χ2n) is 18.6. The number of hydrogen-bond acceptors (Lipinski definition) is 3. The summed E-state index contributed by atoms with van der Waals surface area (Å²) in [5, 5.41) is 0. The highest BCUT2D eigenvalue weighted by Crippen LogP contribution is 2.29. The molecule has 4 aliphatic carbocycles. The fourth-order valence-corrected chi connectivity index (χ4v) is 7.42. The molecular weight excluding hydrogens is 625 g/mol. The normalized spacial score (nSPS) is 37.4. The minimum Gasteiger partial charge on any atom is -0.378 e. The third-order valence-corrected chi connectivity index (χ3v) is 12.2. The fraction of sp³-hybridized carbons (Fsp3) is 1.00. The summed E-state index contributed by atoms with van der Waals surface area (Å²) in [6.07, 6.45) is 26.7. The van der Waals surface area contributed by atoms with Crippen LogP contribution in [-0.4, -0.2) is 32.2 Å². The largest absolute Gasteiger partial charge is 0.378 e. The van der Waals surface area contributed by atoms with Crippen LogP contribution in [-0.2, 0) is 14.2 Å². The first-order valence-corrected chi connectivity index (χ1v) is 21.6. The van der Waals surface area contributed by atoms with Crippen LogP contribution in [0.5, 0.6) is 0 Å². The molecule has 0 N–H and O–H groups in total. The van der Waals surface area contributed by atoms with Crippen molar-refractivity contribution in [3.05, 3.63) is 0 Å². The Morgan fingerprint density at radius 2 is 0.431 bits per heavy atom. The highest BCUT2D eigenvalue weighted by Gasteiger charge is 2.16. The van der Waals surface area contributed by atoms with Gasteiger partial charge in [0.1, 0.15) is 0 Å². The van der Waals surface area contributed by atoms with Crippen molar-refractivity contribution in [2.24, 2.45) is 59.2 Å². The molecule has 3 heteroatoms. The molecule has 0 bridgehead atoms. The van der Waals surface area contributed by atoms with Crippen LogP contribution in [0.2, 0.25) is 0 Å². The first-order valence-electron chi connectivity index (χ1n) is 21.6. The Kier molecular flexibility index (Phi) is 36.0. The summed E-state index contributed by atoms with van der Waals surface area (Å²) in [6, 6.07) is 0. The summed E-state index contributed by atoms with van der Waals surface area (Å²) >= 11 is 0.